The molecule has 0 saturated heterocycles. The molecule has 0 amide bonds. The molecule has 0 saturated carbocycles. The highest BCUT2D eigenvalue weighted by atomic mass is 16.5. The maximum Gasteiger partial charge on any atom is 0.129 e. The van der Waals surface area contributed by atoms with E-state index in [0.29, 0.717) is 6.61 Å². The Bertz CT molecular complexity index is 557. The van der Waals surface area contributed by atoms with Crippen LogP contribution in [0.4, 0.5) is 0 Å². The zero-order valence-corrected chi connectivity index (χ0v) is 12.8. The first-order valence-electron chi connectivity index (χ1n) is 6.70. The maximum atomic E-state index is 5.83. The van der Waals surface area contributed by atoms with Crippen LogP contribution in [0.2, 0.25) is 0 Å². The van der Waals surface area contributed by atoms with E-state index in [4.69, 9.17) is 18.6 Å². The molecule has 1 aromatic carbocycles. The van der Waals surface area contributed by atoms with E-state index in [1.165, 1.54) is 0 Å². The predicted octanol–water partition coefficient (Wildman–Crippen LogP) is 2.75. The molecule has 2 rings (SSSR count). The zero-order chi connectivity index (χ0) is 15.2. The van der Waals surface area contributed by atoms with Gasteiger partial charge in [-0.05, 0) is 31.3 Å². The molecule has 0 spiro atoms. The van der Waals surface area contributed by atoms with Gasteiger partial charge in [0.15, 0.2) is 0 Å². The Morgan fingerprint density at radius 2 is 1.71 bits per heavy atom. The van der Waals surface area contributed by atoms with Crippen molar-refractivity contribution in [3.8, 4) is 11.5 Å². The van der Waals surface area contributed by atoms with E-state index in [9.17, 15) is 0 Å². The van der Waals surface area contributed by atoms with Crippen LogP contribution in [0.25, 0.3) is 0 Å². The molecule has 1 N–H and O–H groups in total. The van der Waals surface area contributed by atoms with Crippen LogP contribution in [0.1, 0.15) is 23.1 Å². The van der Waals surface area contributed by atoms with Gasteiger partial charge in [0, 0.05) is 7.11 Å². The fourth-order valence-electron chi connectivity index (χ4n) is 2.36. The summed E-state index contributed by atoms with van der Waals surface area (Å²) in [5.74, 6) is 3.06. The Morgan fingerprint density at radius 3 is 2.24 bits per heavy atom. The first-order valence-corrected chi connectivity index (χ1v) is 6.70. The van der Waals surface area contributed by atoms with E-state index in [-0.39, 0.29) is 6.04 Å². The van der Waals surface area contributed by atoms with Crippen LogP contribution in [0.5, 0.6) is 11.5 Å². The molecule has 0 aliphatic heterocycles. The number of rotatable bonds is 7. The normalized spacial score (nSPS) is 12.2. The van der Waals surface area contributed by atoms with E-state index >= 15 is 0 Å². The topological polar surface area (TPSA) is 52.9 Å². The minimum absolute atomic E-state index is 0.165. The number of nitrogens with one attached hydrogen (secondary N) is 1. The average molecular weight is 291 g/mol. The number of benzene rings is 1. The lowest BCUT2D eigenvalue weighted by molar-refractivity contribution is 0.162. The van der Waals surface area contributed by atoms with E-state index < -0.39 is 0 Å². The Labute approximate surface area is 124 Å². The van der Waals surface area contributed by atoms with Crippen LogP contribution >= 0.6 is 0 Å². The van der Waals surface area contributed by atoms with Crippen LogP contribution in [0, 0.1) is 0 Å². The highest BCUT2D eigenvalue weighted by Gasteiger charge is 2.24. The summed E-state index contributed by atoms with van der Waals surface area (Å²) in [5, 5.41) is 3.24. The van der Waals surface area contributed by atoms with Gasteiger partial charge >= 0.3 is 0 Å². The van der Waals surface area contributed by atoms with Gasteiger partial charge in [-0.2, -0.15) is 0 Å². The van der Waals surface area contributed by atoms with Crippen molar-refractivity contribution in [1.29, 1.82) is 0 Å². The summed E-state index contributed by atoms with van der Waals surface area (Å²) in [6, 6.07) is 9.38. The summed E-state index contributed by atoms with van der Waals surface area (Å²) < 4.78 is 21.8. The second-order valence-corrected chi connectivity index (χ2v) is 4.53. The first kappa shape index (κ1) is 15.4. The van der Waals surface area contributed by atoms with Crippen LogP contribution in [-0.4, -0.2) is 28.4 Å². The largest absolute Gasteiger partial charge is 0.496 e. The standard InChI is InChI=1S/C16H21NO4/c1-17-16(14-9-8-11(21-14)10-18-2)15-12(19-3)6-5-7-13(15)20-4/h5-9,16-17H,10H2,1-4H3. The van der Waals surface area contributed by atoms with Crippen LogP contribution < -0.4 is 14.8 Å². The smallest absolute Gasteiger partial charge is 0.129 e. The lowest BCUT2D eigenvalue weighted by Crippen LogP contribution is -2.18. The molecule has 0 aliphatic rings. The summed E-state index contributed by atoms with van der Waals surface area (Å²) in [4.78, 5) is 0. The van der Waals surface area contributed by atoms with Crippen molar-refractivity contribution in [1.82, 2.24) is 5.32 Å². The summed E-state index contributed by atoms with van der Waals surface area (Å²) in [6.45, 7) is 0.444. The number of methoxy groups -OCH3 is 3. The molecule has 1 unspecified atom stereocenters. The van der Waals surface area contributed by atoms with Gasteiger partial charge in [0.25, 0.3) is 0 Å². The molecule has 0 aliphatic carbocycles. The van der Waals surface area contributed by atoms with E-state index in [0.717, 1.165) is 28.6 Å². The highest BCUT2D eigenvalue weighted by Crippen LogP contribution is 2.37. The SMILES string of the molecule is CNC(c1ccc(COC)o1)c1c(OC)cccc1OC. The Balaban J connectivity index is 2.44. The van der Waals surface area contributed by atoms with Crippen molar-refractivity contribution in [2.24, 2.45) is 0 Å². The first-order chi connectivity index (χ1) is 10.2. The molecular formula is C16H21NO4. The zero-order valence-electron chi connectivity index (χ0n) is 12.8. The number of hydrogen-bond acceptors (Lipinski definition) is 5. The van der Waals surface area contributed by atoms with Gasteiger partial charge in [0.2, 0.25) is 0 Å². The van der Waals surface area contributed by atoms with Crippen molar-refractivity contribution in [3.63, 3.8) is 0 Å². The summed E-state index contributed by atoms with van der Waals surface area (Å²) >= 11 is 0. The van der Waals surface area contributed by atoms with Crippen LogP contribution in [0.3, 0.4) is 0 Å². The van der Waals surface area contributed by atoms with E-state index in [1.54, 1.807) is 21.3 Å². The van der Waals surface area contributed by atoms with Crippen LogP contribution in [-0.2, 0) is 11.3 Å². The lowest BCUT2D eigenvalue weighted by Gasteiger charge is -2.20. The fourth-order valence-corrected chi connectivity index (χ4v) is 2.36. The second-order valence-electron chi connectivity index (χ2n) is 4.53. The van der Waals surface area contributed by atoms with Crippen molar-refractivity contribution in [3.05, 3.63) is 47.4 Å². The molecule has 0 radical (unpaired) electrons. The van der Waals surface area contributed by atoms with Gasteiger partial charge < -0.3 is 23.9 Å². The highest BCUT2D eigenvalue weighted by molar-refractivity contribution is 5.49. The molecule has 114 valence electrons. The van der Waals surface area contributed by atoms with Crippen molar-refractivity contribution in [2.45, 2.75) is 12.6 Å². The molecule has 21 heavy (non-hydrogen) atoms. The number of hydrogen-bond donors (Lipinski definition) is 1. The fraction of sp³-hybridized carbons (Fsp3) is 0.375. The molecular weight excluding hydrogens is 270 g/mol. The van der Waals surface area contributed by atoms with Gasteiger partial charge in [0.05, 0.1) is 25.8 Å². The third kappa shape index (κ3) is 3.20. The van der Waals surface area contributed by atoms with Gasteiger partial charge in [-0.3, -0.25) is 0 Å². The quantitative estimate of drug-likeness (QED) is 0.850. The third-order valence-electron chi connectivity index (χ3n) is 3.30. The summed E-state index contributed by atoms with van der Waals surface area (Å²) in [6.07, 6.45) is 0. The second kappa shape index (κ2) is 7.15. The third-order valence-corrected chi connectivity index (χ3v) is 3.30. The predicted molar refractivity (Wildman–Crippen MR) is 79.9 cm³/mol. The average Bonchev–Trinajstić information content (AvgIpc) is 2.97. The molecule has 1 heterocycles. The molecule has 1 atom stereocenters. The lowest BCUT2D eigenvalue weighted by atomic mass is 10.0. The number of ether oxygens (including phenoxy) is 3. The van der Waals surface area contributed by atoms with Crippen molar-refractivity contribution < 1.29 is 18.6 Å². The Hall–Kier alpha value is -1.98. The summed E-state index contributed by atoms with van der Waals surface area (Å²) in [7, 11) is 6.79. The molecule has 2 aromatic rings. The number of furan rings is 1. The van der Waals surface area contributed by atoms with E-state index in [2.05, 4.69) is 5.32 Å². The molecule has 0 bridgehead atoms. The van der Waals surface area contributed by atoms with Gasteiger partial charge in [-0.15, -0.1) is 0 Å². The minimum Gasteiger partial charge on any atom is -0.496 e. The maximum absolute atomic E-state index is 5.83. The Morgan fingerprint density at radius 1 is 1.05 bits per heavy atom. The van der Waals surface area contributed by atoms with Gasteiger partial charge in [-0.25, -0.2) is 0 Å². The summed E-state index contributed by atoms with van der Waals surface area (Å²) in [5.41, 5.74) is 0.906. The van der Waals surface area contributed by atoms with Crippen LogP contribution in [0.15, 0.2) is 34.7 Å². The minimum atomic E-state index is -0.165. The monoisotopic (exact) mass is 291 g/mol. The Kier molecular flexibility index (Phi) is 5.25. The molecule has 5 nitrogen and oxygen atoms in total. The molecule has 5 heteroatoms. The van der Waals surface area contributed by atoms with Gasteiger partial charge in [0.1, 0.15) is 29.6 Å². The molecule has 1 aromatic heterocycles. The van der Waals surface area contributed by atoms with Crippen molar-refractivity contribution in [2.75, 3.05) is 28.4 Å². The van der Waals surface area contributed by atoms with Crippen molar-refractivity contribution >= 4 is 0 Å². The van der Waals surface area contributed by atoms with E-state index in [1.807, 2.05) is 37.4 Å². The molecule has 0 fully saturated rings. The van der Waals surface area contributed by atoms with Gasteiger partial charge in [-0.1, -0.05) is 6.07 Å².